The van der Waals surface area contributed by atoms with Crippen LogP contribution in [-0.4, -0.2) is 25.9 Å². The minimum absolute atomic E-state index is 0.0558. The molecule has 0 aromatic heterocycles. The Balaban J connectivity index is 1.97. The molecule has 2 aromatic rings. The molecule has 118 valence electrons. The van der Waals surface area contributed by atoms with Crippen LogP contribution in [0.25, 0.3) is 11.6 Å². The van der Waals surface area contributed by atoms with Crippen molar-refractivity contribution in [3.63, 3.8) is 0 Å². The second-order valence-electron chi connectivity index (χ2n) is 5.82. The average molecular weight is 327 g/mol. The number of halogens is 1. The standard InChI is InChI=1S/C19H19ClN2O/c1-22(2)15-6-3-13(4-7-15)12-17-16-11-14(9-10-20)5-8-18(16)21-19(17)23/h3-8,11-12H,9-10H2,1-2H3,(H,21,23). The van der Waals surface area contributed by atoms with E-state index in [1.165, 1.54) is 0 Å². The topological polar surface area (TPSA) is 32.3 Å². The fraction of sp³-hybridized carbons (Fsp3) is 0.211. The van der Waals surface area contributed by atoms with Crippen LogP contribution in [0.4, 0.5) is 11.4 Å². The van der Waals surface area contributed by atoms with E-state index >= 15 is 0 Å². The van der Waals surface area contributed by atoms with Crippen molar-refractivity contribution < 1.29 is 4.79 Å². The van der Waals surface area contributed by atoms with Crippen molar-refractivity contribution in [2.45, 2.75) is 6.42 Å². The highest BCUT2D eigenvalue weighted by Gasteiger charge is 2.24. The van der Waals surface area contributed by atoms with Crippen molar-refractivity contribution in [3.8, 4) is 0 Å². The molecule has 0 bridgehead atoms. The third-order valence-electron chi connectivity index (χ3n) is 3.97. The van der Waals surface area contributed by atoms with Crippen LogP contribution in [-0.2, 0) is 11.2 Å². The summed E-state index contributed by atoms with van der Waals surface area (Å²) in [5.74, 6) is 0.519. The fourth-order valence-corrected chi connectivity index (χ4v) is 2.90. The molecule has 3 rings (SSSR count). The van der Waals surface area contributed by atoms with Gasteiger partial charge < -0.3 is 10.2 Å². The molecule has 0 atom stereocenters. The van der Waals surface area contributed by atoms with Gasteiger partial charge in [0.15, 0.2) is 0 Å². The van der Waals surface area contributed by atoms with Gasteiger partial charge in [0.25, 0.3) is 5.91 Å². The molecule has 0 unspecified atom stereocenters. The Morgan fingerprint density at radius 1 is 1.13 bits per heavy atom. The predicted octanol–water partition coefficient (Wildman–Crippen LogP) is 4.03. The Morgan fingerprint density at radius 2 is 1.87 bits per heavy atom. The number of rotatable bonds is 4. The van der Waals surface area contributed by atoms with Gasteiger partial charge in [-0.1, -0.05) is 18.2 Å². The van der Waals surface area contributed by atoms with Crippen LogP contribution >= 0.6 is 11.6 Å². The molecule has 0 saturated carbocycles. The lowest BCUT2D eigenvalue weighted by atomic mass is 10.0. The molecular formula is C19H19ClN2O. The number of carbonyl (C=O) groups is 1. The number of hydrogen-bond donors (Lipinski definition) is 1. The second kappa shape index (κ2) is 6.47. The number of fused-ring (bicyclic) bond motifs is 1. The molecule has 0 fully saturated rings. The molecule has 0 saturated heterocycles. The lowest BCUT2D eigenvalue weighted by Gasteiger charge is -2.12. The van der Waals surface area contributed by atoms with E-state index in [0.29, 0.717) is 11.5 Å². The van der Waals surface area contributed by atoms with Gasteiger partial charge in [-0.15, -0.1) is 11.6 Å². The summed E-state index contributed by atoms with van der Waals surface area (Å²) in [6.45, 7) is 0. The molecular weight excluding hydrogens is 308 g/mol. The van der Waals surface area contributed by atoms with Crippen molar-refractivity contribution in [3.05, 3.63) is 59.2 Å². The van der Waals surface area contributed by atoms with E-state index in [1.807, 2.05) is 61.5 Å². The maximum Gasteiger partial charge on any atom is 0.256 e. The maximum absolute atomic E-state index is 12.3. The number of anilines is 2. The Bertz CT molecular complexity index is 763. The summed E-state index contributed by atoms with van der Waals surface area (Å²) in [4.78, 5) is 14.3. The van der Waals surface area contributed by atoms with Crippen LogP contribution in [0.5, 0.6) is 0 Å². The molecule has 1 amide bonds. The van der Waals surface area contributed by atoms with Gasteiger partial charge in [-0.2, -0.15) is 0 Å². The van der Waals surface area contributed by atoms with Gasteiger partial charge in [-0.25, -0.2) is 0 Å². The molecule has 1 N–H and O–H groups in total. The third kappa shape index (κ3) is 3.25. The SMILES string of the molecule is CN(C)c1ccc(C=C2C(=O)Nc3ccc(CCCl)cc32)cc1. The Morgan fingerprint density at radius 3 is 2.52 bits per heavy atom. The number of nitrogens with one attached hydrogen (secondary N) is 1. The van der Waals surface area contributed by atoms with Gasteiger partial charge in [0.2, 0.25) is 0 Å². The highest BCUT2D eigenvalue weighted by atomic mass is 35.5. The number of aryl methyl sites for hydroxylation is 1. The van der Waals surface area contributed by atoms with E-state index in [0.717, 1.165) is 34.5 Å². The number of amides is 1. The number of benzene rings is 2. The van der Waals surface area contributed by atoms with Gasteiger partial charge in [0.05, 0.1) is 0 Å². The molecule has 1 aliphatic rings. The van der Waals surface area contributed by atoms with E-state index in [1.54, 1.807) is 0 Å². The van der Waals surface area contributed by atoms with Crippen LogP contribution < -0.4 is 10.2 Å². The van der Waals surface area contributed by atoms with Crippen LogP contribution in [0.1, 0.15) is 16.7 Å². The highest BCUT2D eigenvalue weighted by Crippen LogP contribution is 2.34. The van der Waals surface area contributed by atoms with Crippen molar-refractivity contribution >= 4 is 40.5 Å². The number of alkyl halides is 1. The second-order valence-corrected chi connectivity index (χ2v) is 6.19. The van der Waals surface area contributed by atoms with Gasteiger partial charge in [-0.05, 0) is 47.9 Å². The Labute approximate surface area is 141 Å². The van der Waals surface area contributed by atoms with Crippen molar-refractivity contribution in [1.29, 1.82) is 0 Å². The van der Waals surface area contributed by atoms with E-state index in [2.05, 4.69) is 11.4 Å². The molecule has 3 nitrogen and oxygen atoms in total. The first-order chi connectivity index (χ1) is 11.1. The summed E-state index contributed by atoms with van der Waals surface area (Å²) < 4.78 is 0. The molecule has 2 aromatic carbocycles. The number of nitrogens with zero attached hydrogens (tertiary/aromatic N) is 1. The molecule has 23 heavy (non-hydrogen) atoms. The summed E-state index contributed by atoms with van der Waals surface area (Å²) in [7, 11) is 4.01. The zero-order valence-corrected chi connectivity index (χ0v) is 14.0. The average Bonchev–Trinajstić information content (AvgIpc) is 2.84. The van der Waals surface area contributed by atoms with Gasteiger partial charge in [0.1, 0.15) is 0 Å². The zero-order chi connectivity index (χ0) is 16.4. The molecule has 0 spiro atoms. The van der Waals surface area contributed by atoms with Crippen LogP contribution in [0.2, 0.25) is 0 Å². The highest BCUT2D eigenvalue weighted by molar-refractivity contribution is 6.35. The third-order valence-corrected chi connectivity index (χ3v) is 4.16. The van der Waals surface area contributed by atoms with Crippen LogP contribution in [0, 0.1) is 0 Å². The van der Waals surface area contributed by atoms with Gasteiger partial charge in [0, 0.05) is 42.5 Å². The van der Waals surface area contributed by atoms with Gasteiger partial charge in [-0.3, -0.25) is 4.79 Å². The smallest absolute Gasteiger partial charge is 0.256 e. The molecule has 0 radical (unpaired) electrons. The largest absolute Gasteiger partial charge is 0.378 e. The van der Waals surface area contributed by atoms with Crippen molar-refractivity contribution in [1.82, 2.24) is 0 Å². The first kappa shape index (κ1) is 15.6. The lowest BCUT2D eigenvalue weighted by molar-refractivity contribution is -0.110. The van der Waals surface area contributed by atoms with E-state index in [9.17, 15) is 4.79 Å². The molecule has 1 aliphatic heterocycles. The zero-order valence-electron chi connectivity index (χ0n) is 13.3. The molecule has 0 aliphatic carbocycles. The van der Waals surface area contributed by atoms with Crippen molar-refractivity contribution in [2.75, 3.05) is 30.2 Å². The minimum Gasteiger partial charge on any atom is -0.378 e. The van der Waals surface area contributed by atoms with E-state index in [-0.39, 0.29) is 5.91 Å². The van der Waals surface area contributed by atoms with Crippen molar-refractivity contribution in [2.24, 2.45) is 0 Å². The number of hydrogen-bond acceptors (Lipinski definition) is 2. The van der Waals surface area contributed by atoms with E-state index < -0.39 is 0 Å². The van der Waals surface area contributed by atoms with Crippen LogP contribution in [0.3, 0.4) is 0 Å². The first-order valence-corrected chi connectivity index (χ1v) is 8.11. The summed E-state index contributed by atoms with van der Waals surface area (Å²) >= 11 is 5.82. The first-order valence-electron chi connectivity index (χ1n) is 7.58. The van der Waals surface area contributed by atoms with Crippen LogP contribution in [0.15, 0.2) is 42.5 Å². The lowest BCUT2D eigenvalue weighted by Crippen LogP contribution is -2.08. The summed E-state index contributed by atoms with van der Waals surface area (Å²) in [6, 6.07) is 14.2. The molecule has 1 heterocycles. The summed E-state index contributed by atoms with van der Waals surface area (Å²) in [5.41, 5.74) is 5.81. The molecule has 4 heteroatoms. The summed E-state index contributed by atoms with van der Waals surface area (Å²) in [5, 5.41) is 2.92. The monoisotopic (exact) mass is 326 g/mol. The normalized spacial score (nSPS) is 14.7. The Kier molecular flexibility index (Phi) is 4.39. The summed E-state index contributed by atoms with van der Waals surface area (Å²) in [6.07, 6.45) is 2.74. The Hall–Kier alpha value is -2.26. The quantitative estimate of drug-likeness (QED) is 0.679. The minimum atomic E-state index is -0.0558. The van der Waals surface area contributed by atoms with Gasteiger partial charge >= 0.3 is 0 Å². The maximum atomic E-state index is 12.3. The number of carbonyl (C=O) groups excluding carboxylic acids is 1. The fourth-order valence-electron chi connectivity index (χ4n) is 2.68. The van der Waals surface area contributed by atoms with E-state index in [4.69, 9.17) is 11.6 Å². The predicted molar refractivity (Wildman–Crippen MR) is 98.1 cm³/mol.